The van der Waals surface area contributed by atoms with Crippen LogP contribution in [0.15, 0.2) is 36.5 Å². The third-order valence-corrected chi connectivity index (χ3v) is 6.85. The van der Waals surface area contributed by atoms with Gasteiger partial charge in [0.25, 0.3) is 0 Å². The molecule has 2 aliphatic heterocycles. The van der Waals surface area contributed by atoms with Crippen molar-refractivity contribution in [1.29, 1.82) is 0 Å². The lowest BCUT2D eigenvalue weighted by molar-refractivity contribution is -0.158. The Balaban J connectivity index is 1.49. The Labute approximate surface area is 207 Å². The smallest absolute Gasteiger partial charge is 0.225 e. The molecule has 9 heteroatoms. The van der Waals surface area contributed by atoms with Gasteiger partial charge in [-0.15, -0.1) is 0 Å². The Hall–Kier alpha value is -2.13. The maximum absolute atomic E-state index is 13.3. The Morgan fingerprint density at radius 3 is 2.59 bits per heavy atom. The number of carbonyl (C=O) groups excluding carboxylic acids is 1. The quantitative estimate of drug-likeness (QED) is 0.568. The molecule has 0 saturated carbocycles. The minimum atomic E-state index is -0.721. The van der Waals surface area contributed by atoms with Crippen molar-refractivity contribution >= 4 is 17.5 Å². The fraction of sp³-hybridized carbons (Fsp3) is 0.600. The van der Waals surface area contributed by atoms with Crippen LogP contribution in [0, 0.1) is 0 Å². The maximum atomic E-state index is 13.3. The van der Waals surface area contributed by atoms with Gasteiger partial charge >= 0.3 is 0 Å². The van der Waals surface area contributed by atoms with Crippen molar-refractivity contribution in [3.05, 3.63) is 47.2 Å². The molecule has 1 amide bonds. The molecule has 0 aliphatic carbocycles. The van der Waals surface area contributed by atoms with E-state index < -0.39 is 5.60 Å². The van der Waals surface area contributed by atoms with Crippen LogP contribution in [0.5, 0.6) is 5.75 Å². The van der Waals surface area contributed by atoms with Gasteiger partial charge in [0.15, 0.2) is 0 Å². The van der Waals surface area contributed by atoms with Crippen LogP contribution in [0.4, 0.5) is 0 Å². The minimum absolute atomic E-state index is 0.127. The average molecular weight is 490 g/mol. The summed E-state index contributed by atoms with van der Waals surface area (Å²) in [5, 5.41) is 5.14. The molecule has 0 bridgehead atoms. The summed E-state index contributed by atoms with van der Waals surface area (Å²) in [5.74, 6) is 0.844. The molecular formula is C25H36ClN5O3. The topological polar surface area (TPSA) is 63.1 Å². The molecule has 0 N–H and O–H groups in total. The molecule has 1 aromatic heterocycles. The molecule has 34 heavy (non-hydrogen) atoms. The van der Waals surface area contributed by atoms with Gasteiger partial charge in [0.1, 0.15) is 18.0 Å². The van der Waals surface area contributed by atoms with E-state index in [9.17, 15) is 4.79 Å². The number of rotatable bonds is 8. The molecule has 2 aliphatic rings. The predicted octanol–water partition coefficient (Wildman–Crippen LogP) is 2.93. The first-order valence-corrected chi connectivity index (χ1v) is 12.4. The first kappa shape index (κ1) is 25.0. The van der Waals surface area contributed by atoms with Gasteiger partial charge in [-0.25, -0.2) is 0 Å². The summed E-state index contributed by atoms with van der Waals surface area (Å²) in [6.07, 6.45) is 2.15. The number of hydrogen-bond acceptors (Lipinski definition) is 6. The largest absolute Gasteiger partial charge is 0.491 e. The lowest BCUT2D eigenvalue weighted by atomic mass is 9.96. The number of piperazine rings is 1. The van der Waals surface area contributed by atoms with Crippen LogP contribution < -0.4 is 4.74 Å². The standard InChI is InChI=1S/C25H36ClN5O3/c1-20(2)31-22(8-9-27-31)17-29-14-15-34-25(18-29,19-33-23-6-4-21(26)5-7-23)16-24(32)30-12-10-28(3)11-13-30/h4-9,20H,10-19H2,1-3H3/t25-/m1/s1. The Bertz CT molecular complexity index is 942. The molecule has 2 fully saturated rings. The Morgan fingerprint density at radius 2 is 1.88 bits per heavy atom. The van der Waals surface area contributed by atoms with Crippen LogP contribution in [0.1, 0.15) is 32.0 Å². The van der Waals surface area contributed by atoms with Gasteiger partial charge in [-0.05, 0) is 51.2 Å². The van der Waals surface area contributed by atoms with Gasteiger partial charge in [-0.1, -0.05) is 11.6 Å². The second kappa shape index (κ2) is 11.1. The molecule has 2 aromatic rings. The van der Waals surface area contributed by atoms with E-state index in [4.69, 9.17) is 21.1 Å². The van der Waals surface area contributed by atoms with Crippen molar-refractivity contribution in [1.82, 2.24) is 24.5 Å². The lowest BCUT2D eigenvalue weighted by Gasteiger charge is -2.43. The fourth-order valence-electron chi connectivity index (χ4n) is 4.65. The number of hydrogen-bond donors (Lipinski definition) is 0. The van der Waals surface area contributed by atoms with E-state index >= 15 is 0 Å². The number of aromatic nitrogens is 2. The predicted molar refractivity (Wildman–Crippen MR) is 132 cm³/mol. The van der Waals surface area contributed by atoms with Crippen molar-refractivity contribution in [2.24, 2.45) is 0 Å². The van der Waals surface area contributed by atoms with Crippen LogP contribution >= 0.6 is 11.6 Å². The summed E-state index contributed by atoms with van der Waals surface area (Å²) in [7, 11) is 2.09. The summed E-state index contributed by atoms with van der Waals surface area (Å²) in [5.41, 5.74) is 0.441. The second-order valence-corrected chi connectivity index (χ2v) is 10.1. The molecular weight excluding hydrogens is 454 g/mol. The SMILES string of the molecule is CC(C)n1nccc1CN1CCO[C@](COc2ccc(Cl)cc2)(CC(=O)N2CCN(C)CC2)C1. The van der Waals surface area contributed by atoms with Crippen LogP contribution in [-0.4, -0.2) is 95.5 Å². The van der Waals surface area contributed by atoms with Crippen LogP contribution in [0.2, 0.25) is 5.02 Å². The highest BCUT2D eigenvalue weighted by Crippen LogP contribution is 2.27. The van der Waals surface area contributed by atoms with Gasteiger partial charge in [0.05, 0.1) is 18.7 Å². The zero-order valence-electron chi connectivity index (χ0n) is 20.5. The van der Waals surface area contributed by atoms with Crippen molar-refractivity contribution in [2.75, 3.05) is 59.5 Å². The van der Waals surface area contributed by atoms with Crippen LogP contribution in [0.25, 0.3) is 0 Å². The average Bonchev–Trinajstić information content (AvgIpc) is 3.28. The van der Waals surface area contributed by atoms with Crippen molar-refractivity contribution in [3.63, 3.8) is 0 Å². The maximum Gasteiger partial charge on any atom is 0.225 e. The highest BCUT2D eigenvalue weighted by atomic mass is 35.5. The number of amides is 1. The van der Waals surface area contributed by atoms with Crippen molar-refractivity contribution < 1.29 is 14.3 Å². The van der Waals surface area contributed by atoms with Crippen LogP contribution in [-0.2, 0) is 16.1 Å². The fourth-order valence-corrected chi connectivity index (χ4v) is 4.78. The summed E-state index contributed by atoms with van der Waals surface area (Å²) < 4.78 is 14.5. The number of nitrogens with zero attached hydrogens (tertiary/aromatic N) is 5. The van der Waals surface area contributed by atoms with E-state index in [-0.39, 0.29) is 5.91 Å². The molecule has 1 aromatic carbocycles. The van der Waals surface area contributed by atoms with Crippen LogP contribution in [0.3, 0.4) is 0 Å². The summed E-state index contributed by atoms with van der Waals surface area (Å²) in [4.78, 5) is 19.9. The molecule has 4 rings (SSSR count). The van der Waals surface area contributed by atoms with E-state index in [1.807, 2.05) is 23.2 Å². The number of halogens is 1. The van der Waals surface area contributed by atoms with Gasteiger partial charge in [-0.3, -0.25) is 14.4 Å². The first-order chi connectivity index (χ1) is 16.3. The third kappa shape index (κ3) is 6.30. The van der Waals surface area contributed by atoms with Gasteiger partial charge in [-0.2, -0.15) is 5.10 Å². The zero-order chi connectivity index (χ0) is 24.1. The number of ether oxygens (including phenoxy) is 2. The van der Waals surface area contributed by atoms with E-state index in [2.05, 4.69) is 46.5 Å². The number of likely N-dealkylation sites (N-methyl/N-ethyl adjacent to an activating group) is 1. The normalized spacial score (nSPS) is 22.3. The number of carbonyl (C=O) groups is 1. The molecule has 3 heterocycles. The second-order valence-electron chi connectivity index (χ2n) is 9.71. The molecule has 8 nitrogen and oxygen atoms in total. The van der Waals surface area contributed by atoms with Gasteiger partial charge in [0.2, 0.25) is 5.91 Å². The van der Waals surface area contributed by atoms with Crippen molar-refractivity contribution in [3.8, 4) is 5.75 Å². The lowest BCUT2D eigenvalue weighted by Crippen LogP contribution is -2.58. The molecule has 2 saturated heterocycles. The molecule has 0 radical (unpaired) electrons. The number of benzene rings is 1. The van der Waals surface area contributed by atoms with E-state index in [1.54, 1.807) is 12.1 Å². The van der Waals surface area contributed by atoms with Gasteiger partial charge < -0.3 is 19.3 Å². The highest BCUT2D eigenvalue weighted by molar-refractivity contribution is 6.30. The molecule has 0 spiro atoms. The van der Waals surface area contributed by atoms with E-state index in [0.717, 1.165) is 50.7 Å². The third-order valence-electron chi connectivity index (χ3n) is 6.60. The van der Waals surface area contributed by atoms with Crippen molar-refractivity contribution in [2.45, 2.75) is 38.5 Å². The first-order valence-electron chi connectivity index (χ1n) is 12.1. The minimum Gasteiger partial charge on any atom is -0.491 e. The monoisotopic (exact) mass is 489 g/mol. The number of morpholine rings is 1. The molecule has 186 valence electrons. The molecule has 1 atom stereocenters. The summed E-state index contributed by atoms with van der Waals surface area (Å²) >= 11 is 6.03. The highest BCUT2D eigenvalue weighted by Gasteiger charge is 2.41. The molecule has 0 unspecified atom stereocenters. The van der Waals surface area contributed by atoms with E-state index in [1.165, 1.54) is 0 Å². The zero-order valence-corrected chi connectivity index (χ0v) is 21.2. The Kier molecular flexibility index (Phi) is 8.14. The summed E-state index contributed by atoms with van der Waals surface area (Å²) in [6, 6.07) is 9.67. The van der Waals surface area contributed by atoms with E-state index in [0.29, 0.717) is 37.2 Å². The Morgan fingerprint density at radius 1 is 1.15 bits per heavy atom. The van der Waals surface area contributed by atoms with Gasteiger partial charge in [0, 0.05) is 63.1 Å². The summed E-state index contributed by atoms with van der Waals surface area (Å²) in [6.45, 7) is 10.6.